The molecule has 0 fully saturated rings. The number of likely N-dealkylation sites (N-methyl/N-ethyl adjacent to an activating group) is 1. The van der Waals surface area contributed by atoms with Crippen LogP contribution in [0, 0.1) is 0 Å². The number of nitrogens with zero attached hydrogens (tertiary/aromatic N) is 2. The lowest BCUT2D eigenvalue weighted by molar-refractivity contribution is 0.0804. The maximum atomic E-state index is 12.4. The van der Waals surface area contributed by atoms with Crippen LogP contribution in [-0.4, -0.2) is 33.6 Å². The largest absolute Gasteiger partial charge is 0.386 e. The first-order valence-corrected chi connectivity index (χ1v) is 7.35. The maximum Gasteiger partial charge on any atom is 0.323 e. The van der Waals surface area contributed by atoms with Crippen molar-refractivity contribution in [2.24, 2.45) is 0 Å². The molecule has 0 aliphatic rings. The van der Waals surface area contributed by atoms with E-state index in [-0.39, 0.29) is 12.1 Å². The highest BCUT2D eigenvalue weighted by Gasteiger charge is 2.26. The van der Waals surface area contributed by atoms with Crippen LogP contribution in [0.1, 0.15) is 25.5 Å². The number of amides is 2. The lowest BCUT2D eigenvalue weighted by Gasteiger charge is -2.31. The molecule has 0 radical (unpaired) electrons. The first-order valence-electron chi connectivity index (χ1n) is 7.35. The van der Waals surface area contributed by atoms with Crippen molar-refractivity contribution in [3.05, 3.63) is 60.3 Å². The number of carbonyl (C=O) groups is 1. The molecule has 0 saturated carbocycles. The van der Waals surface area contributed by atoms with Crippen LogP contribution in [-0.2, 0) is 0 Å². The van der Waals surface area contributed by atoms with E-state index in [0.717, 1.165) is 5.56 Å². The zero-order valence-electron chi connectivity index (χ0n) is 12.8. The van der Waals surface area contributed by atoms with Crippen molar-refractivity contribution in [3.8, 4) is 0 Å². The van der Waals surface area contributed by atoms with Crippen molar-refractivity contribution in [2.45, 2.75) is 26.0 Å². The second kappa shape index (κ2) is 7.56. The van der Waals surface area contributed by atoms with Gasteiger partial charge < -0.3 is 10.0 Å². The number of pyridine rings is 1. The molecule has 0 bridgehead atoms. The summed E-state index contributed by atoms with van der Waals surface area (Å²) in [5.41, 5.74) is 0.791. The summed E-state index contributed by atoms with van der Waals surface area (Å²) in [6.45, 7) is 4.20. The van der Waals surface area contributed by atoms with Crippen LogP contribution >= 0.6 is 0 Å². The first-order chi connectivity index (χ1) is 10.6. The Morgan fingerprint density at radius 3 is 2.50 bits per heavy atom. The average molecular weight is 299 g/mol. The topological polar surface area (TPSA) is 65.5 Å². The fourth-order valence-electron chi connectivity index (χ4n) is 2.33. The molecule has 1 aromatic heterocycles. The average Bonchev–Trinajstić information content (AvgIpc) is 2.56. The minimum Gasteiger partial charge on any atom is -0.386 e. The van der Waals surface area contributed by atoms with E-state index in [9.17, 15) is 9.90 Å². The lowest BCUT2D eigenvalue weighted by Crippen LogP contribution is -2.44. The fraction of sp³-hybridized carbons (Fsp3) is 0.294. The third-order valence-corrected chi connectivity index (χ3v) is 3.59. The summed E-state index contributed by atoms with van der Waals surface area (Å²) >= 11 is 0. The molecule has 0 spiro atoms. The summed E-state index contributed by atoms with van der Waals surface area (Å²) in [4.78, 5) is 18.1. The molecule has 2 amide bonds. The molecular weight excluding hydrogens is 278 g/mol. The smallest absolute Gasteiger partial charge is 0.323 e. The summed E-state index contributed by atoms with van der Waals surface area (Å²) in [5, 5.41) is 13.2. The van der Waals surface area contributed by atoms with E-state index in [2.05, 4.69) is 10.3 Å². The highest BCUT2D eigenvalue weighted by atomic mass is 16.3. The Labute approximate surface area is 130 Å². The van der Waals surface area contributed by atoms with Gasteiger partial charge in [0.1, 0.15) is 5.82 Å². The minimum atomic E-state index is -0.740. The van der Waals surface area contributed by atoms with E-state index < -0.39 is 6.10 Å². The van der Waals surface area contributed by atoms with E-state index in [1.807, 2.05) is 44.2 Å². The van der Waals surface area contributed by atoms with Crippen LogP contribution in [0.3, 0.4) is 0 Å². The van der Waals surface area contributed by atoms with Crippen LogP contribution < -0.4 is 5.32 Å². The normalized spacial score (nSPS) is 13.2. The number of aliphatic hydroxyl groups is 1. The molecule has 116 valence electrons. The van der Waals surface area contributed by atoms with Gasteiger partial charge in [0, 0.05) is 12.7 Å². The summed E-state index contributed by atoms with van der Waals surface area (Å²) in [6, 6.07) is 14.0. The molecule has 0 aliphatic carbocycles. The molecule has 2 aromatic rings. The van der Waals surface area contributed by atoms with Gasteiger partial charge in [-0.25, -0.2) is 9.78 Å². The zero-order chi connectivity index (χ0) is 15.9. The van der Waals surface area contributed by atoms with Crippen molar-refractivity contribution in [2.75, 3.05) is 11.9 Å². The molecule has 0 saturated heterocycles. The van der Waals surface area contributed by atoms with Gasteiger partial charge in [-0.3, -0.25) is 5.32 Å². The number of aliphatic hydroxyl groups excluding tert-OH is 1. The number of hydrogen-bond donors (Lipinski definition) is 2. The molecule has 1 heterocycles. The van der Waals surface area contributed by atoms with Gasteiger partial charge in [0.25, 0.3) is 0 Å². The molecule has 2 N–H and O–H groups in total. The van der Waals surface area contributed by atoms with Gasteiger partial charge in [0.2, 0.25) is 0 Å². The van der Waals surface area contributed by atoms with Gasteiger partial charge in [0.15, 0.2) is 0 Å². The molecule has 5 heteroatoms. The number of urea groups is 1. The number of hydrogen-bond acceptors (Lipinski definition) is 3. The first kappa shape index (κ1) is 16.0. The van der Waals surface area contributed by atoms with Crippen LogP contribution in [0.15, 0.2) is 54.7 Å². The van der Waals surface area contributed by atoms with Gasteiger partial charge in [-0.05, 0) is 31.5 Å². The molecule has 2 atom stereocenters. The van der Waals surface area contributed by atoms with Crippen molar-refractivity contribution in [3.63, 3.8) is 0 Å². The number of aromatic nitrogens is 1. The predicted octanol–water partition coefficient (Wildman–Crippen LogP) is 3.06. The Bertz CT molecular complexity index is 589. The number of benzene rings is 1. The molecule has 0 unspecified atom stereocenters. The Morgan fingerprint density at radius 1 is 1.23 bits per heavy atom. The Hall–Kier alpha value is -2.40. The summed E-state index contributed by atoms with van der Waals surface area (Å²) < 4.78 is 0. The number of anilines is 1. The molecular formula is C17H21N3O2. The van der Waals surface area contributed by atoms with E-state index in [4.69, 9.17) is 0 Å². The fourth-order valence-corrected chi connectivity index (χ4v) is 2.33. The standard InChI is InChI=1S/C17H21N3O2/c1-3-20(17(22)19-15-11-7-8-12-18-15)13(2)16(21)14-9-5-4-6-10-14/h4-13,16,21H,3H2,1-2H3,(H,18,19,22)/t13-,16+/m1/s1. The summed E-state index contributed by atoms with van der Waals surface area (Å²) in [7, 11) is 0. The van der Waals surface area contributed by atoms with Gasteiger partial charge in [-0.15, -0.1) is 0 Å². The molecule has 0 aliphatic heterocycles. The SMILES string of the molecule is CCN(C(=O)Nc1ccccn1)[C@H](C)[C@H](O)c1ccccc1. The van der Waals surface area contributed by atoms with Crippen molar-refractivity contribution in [1.29, 1.82) is 0 Å². The highest BCUT2D eigenvalue weighted by molar-refractivity contribution is 5.88. The van der Waals surface area contributed by atoms with Crippen molar-refractivity contribution >= 4 is 11.8 Å². The van der Waals surface area contributed by atoms with Crippen LogP contribution in [0.5, 0.6) is 0 Å². The second-order valence-electron chi connectivity index (χ2n) is 5.03. The third kappa shape index (κ3) is 3.83. The predicted molar refractivity (Wildman–Crippen MR) is 86.5 cm³/mol. The van der Waals surface area contributed by atoms with E-state index >= 15 is 0 Å². The monoisotopic (exact) mass is 299 g/mol. The number of carbonyl (C=O) groups excluding carboxylic acids is 1. The zero-order valence-corrected chi connectivity index (χ0v) is 12.8. The molecule has 5 nitrogen and oxygen atoms in total. The lowest BCUT2D eigenvalue weighted by atomic mass is 10.0. The number of rotatable bonds is 5. The van der Waals surface area contributed by atoms with Gasteiger partial charge >= 0.3 is 6.03 Å². The van der Waals surface area contributed by atoms with Crippen molar-refractivity contribution in [1.82, 2.24) is 9.88 Å². The van der Waals surface area contributed by atoms with E-state index in [1.54, 1.807) is 29.3 Å². The molecule has 22 heavy (non-hydrogen) atoms. The van der Waals surface area contributed by atoms with Crippen LogP contribution in [0.2, 0.25) is 0 Å². The Kier molecular flexibility index (Phi) is 5.49. The quantitative estimate of drug-likeness (QED) is 0.891. The summed E-state index contributed by atoms with van der Waals surface area (Å²) in [6.07, 6.45) is 0.879. The highest BCUT2D eigenvalue weighted by Crippen LogP contribution is 2.21. The Morgan fingerprint density at radius 2 is 1.91 bits per heavy atom. The third-order valence-electron chi connectivity index (χ3n) is 3.59. The molecule has 2 rings (SSSR count). The van der Waals surface area contributed by atoms with Gasteiger partial charge in [0.05, 0.1) is 12.1 Å². The van der Waals surface area contributed by atoms with E-state index in [1.165, 1.54) is 0 Å². The maximum absolute atomic E-state index is 12.4. The minimum absolute atomic E-state index is 0.274. The van der Waals surface area contributed by atoms with E-state index in [0.29, 0.717) is 12.4 Å². The van der Waals surface area contributed by atoms with Crippen LogP contribution in [0.4, 0.5) is 10.6 Å². The van der Waals surface area contributed by atoms with Crippen LogP contribution in [0.25, 0.3) is 0 Å². The Balaban J connectivity index is 2.08. The summed E-state index contributed by atoms with van der Waals surface area (Å²) in [5.74, 6) is 0.493. The second-order valence-corrected chi connectivity index (χ2v) is 5.03. The molecule has 1 aromatic carbocycles. The number of nitrogens with one attached hydrogen (secondary N) is 1. The van der Waals surface area contributed by atoms with Gasteiger partial charge in [-0.1, -0.05) is 36.4 Å². The van der Waals surface area contributed by atoms with Gasteiger partial charge in [-0.2, -0.15) is 0 Å². The van der Waals surface area contributed by atoms with Crippen molar-refractivity contribution < 1.29 is 9.90 Å².